The lowest BCUT2D eigenvalue weighted by Gasteiger charge is -1.77. The molecule has 0 aromatic carbocycles. The Morgan fingerprint density at radius 3 is 3.12 bits per heavy atom. The summed E-state index contributed by atoms with van der Waals surface area (Å²) >= 11 is 0.919. The lowest BCUT2D eigenvalue weighted by atomic mass is 10.5. The molecule has 4 heteroatoms. The van der Waals surface area contributed by atoms with E-state index >= 15 is 0 Å². The monoisotopic (exact) mass is 133 g/mol. The minimum Gasteiger partial charge on any atom is -0.326 e. The van der Waals surface area contributed by atoms with Crippen molar-refractivity contribution in [2.75, 3.05) is 0 Å². The Bertz CT molecular complexity index is 273. The lowest BCUT2D eigenvalue weighted by molar-refractivity contribution is 1.11. The molecule has 0 saturated carbocycles. The Morgan fingerprint density at radius 2 is 2.88 bits per heavy atom. The number of H-pyrrole nitrogens is 1. The van der Waals surface area contributed by atoms with E-state index < -0.39 is 6.50 Å². The Balaban J connectivity index is 3.07. The second-order valence-electron chi connectivity index (χ2n) is 1.22. The zero-order valence-corrected chi connectivity index (χ0v) is 4.79. The fourth-order valence-electron chi connectivity index (χ4n) is 0.354. The maximum absolute atomic E-state index is 10.5. The molecule has 0 aliphatic rings. The molecule has 0 aliphatic heterocycles. The third kappa shape index (κ3) is 0.962. The first-order valence-corrected chi connectivity index (χ1v) is 2.79. The molecule has 0 unspecified atom stereocenters. The van der Waals surface area contributed by atoms with E-state index in [9.17, 15) is 4.79 Å². The summed E-state index contributed by atoms with van der Waals surface area (Å²) in [7, 11) is 0. The maximum atomic E-state index is 10.5. The third-order valence-electron chi connectivity index (χ3n) is 0.666. The third-order valence-corrected chi connectivity index (χ3v) is 1.42. The molecule has 0 radical (unpaired) electrons. The molecule has 44 valence electrons. The average molecular weight is 133 g/mol. The zero-order chi connectivity index (χ0) is 7.78. The van der Waals surface area contributed by atoms with Gasteiger partial charge in [0.05, 0.1) is 0 Å². The van der Waals surface area contributed by atoms with Crippen LogP contribution in [0.5, 0.6) is 0 Å². The number of hydrogen-bond donors (Lipinski definition) is 2. The van der Waals surface area contributed by atoms with Crippen LogP contribution in [0.25, 0.3) is 0 Å². The summed E-state index contributed by atoms with van der Waals surface area (Å²) < 4.78 is 16.3. The van der Waals surface area contributed by atoms with Crippen molar-refractivity contribution < 1.29 is 2.74 Å². The molecule has 3 nitrogen and oxygen atoms in total. The van der Waals surface area contributed by atoms with E-state index in [0.717, 1.165) is 17.6 Å². The molecule has 0 bridgehead atoms. The van der Waals surface area contributed by atoms with Crippen molar-refractivity contribution in [3.05, 3.63) is 21.3 Å². The van der Waals surface area contributed by atoms with Crippen molar-refractivity contribution >= 4 is 11.5 Å². The second kappa shape index (κ2) is 2.11. The van der Waals surface area contributed by atoms with Gasteiger partial charge in [-0.1, -0.05) is 11.5 Å². The summed E-state index contributed by atoms with van der Waals surface area (Å²) in [5.41, 5.74) is 4.74. The van der Waals surface area contributed by atoms with Gasteiger partial charge in [0.25, 0.3) is 5.56 Å². The molecule has 0 fully saturated rings. The minimum absolute atomic E-state index is 0.220. The highest BCUT2D eigenvalue weighted by Crippen LogP contribution is 1.96. The van der Waals surface area contributed by atoms with E-state index in [4.69, 9.17) is 8.48 Å². The van der Waals surface area contributed by atoms with Crippen molar-refractivity contribution in [3.8, 4) is 0 Å². The van der Waals surface area contributed by atoms with E-state index in [1.807, 2.05) is 0 Å². The molecule has 1 aromatic heterocycles. The van der Waals surface area contributed by atoms with Crippen molar-refractivity contribution in [2.24, 2.45) is 5.73 Å². The van der Waals surface area contributed by atoms with Gasteiger partial charge in [0.1, 0.15) is 0 Å². The van der Waals surface area contributed by atoms with Crippen LogP contribution in [0.2, 0.25) is 0 Å². The number of hydrogen-bond acceptors (Lipinski definition) is 3. The van der Waals surface area contributed by atoms with Gasteiger partial charge in [0.15, 0.2) is 0 Å². The van der Waals surface area contributed by atoms with E-state index in [1.54, 1.807) is 0 Å². The molecular formula is C4H6N2OS. The predicted molar refractivity (Wildman–Crippen MR) is 32.8 cm³/mol. The molecule has 0 spiro atoms. The van der Waals surface area contributed by atoms with Gasteiger partial charge >= 0.3 is 0 Å². The molecule has 0 amide bonds. The van der Waals surface area contributed by atoms with Crippen LogP contribution in [0, 0.1) is 0 Å². The minimum atomic E-state index is -1.90. The molecule has 1 heterocycles. The molecule has 0 saturated heterocycles. The standard InChI is InChI=1S/C4H6N2OS/c5-2-3-1-4(7)6-8-3/h1H,2,5H2,(H,6,7)/i2D2,5+1. The van der Waals surface area contributed by atoms with E-state index in [1.165, 1.54) is 0 Å². The van der Waals surface area contributed by atoms with Gasteiger partial charge < -0.3 is 5.73 Å². The number of aromatic nitrogens is 1. The van der Waals surface area contributed by atoms with Gasteiger partial charge in [-0.3, -0.25) is 9.17 Å². The Kier molecular flexibility index (Phi) is 0.901. The van der Waals surface area contributed by atoms with E-state index in [-0.39, 0.29) is 10.4 Å². The van der Waals surface area contributed by atoms with Gasteiger partial charge in [-0.25, -0.2) is 0 Å². The van der Waals surface area contributed by atoms with Crippen molar-refractivity contribution in [2.45, 2.75) is 6.50 Å². The summed E-state index contributed by atoms with van der Waals surface area (Å²) in [5, 5.41) is 0. The molecular weight excluding hydrogens is 125 g/mol. The van der Waals surface area contributed by atoms with Gasteiger partial charge in [-0.05, 0) is 0 Å². The fraction of sp³-hybridized carbons (Fsp3) is 0.250. The Hall–Kier alpha value is -0.610. The highest BCUT2D eigenvalue weighted by Gasteiger charge is 1.89. The summed E-state index contributed by atoms with van der Waals surface area (Å²) in [6.07, 6.45) is 0. The lowest BCUT2D eigenvalue weighted by Crippen LogP contribution is -1.95. The number of rotatable bonds is 1. The molecule has 0 aliphatic carbocycles. The largest absolute Gasteiger partial charge is 0.326 e. The molecule has 1 aromatic rings. The molecule has 1 rings (SSSR count). The van der Waals surface area contributed by atoms with Crippen LogP contribution in [0.15, 0.2) is 10.9 Å². The Labute approximate surface area is 53.1 Å². The number of nitrogens with one attached hydrogen (secondary N) is 1. The van der Waals surface area contributed by atoms with Crippen molar-refractivity contribution in [3.63, 3.8) is 0 Å². The number of nitrogens with two attached hydrogens (primary N) is 1. The molecule has 8 heavy (non-hydrogen) atoms. The van der Waals surface area contributed by atoms with Crippen LogP contribution in [0.4, 0.5) is 0 Å². The quantitative estimate of drug-likeness (QED) is 0.525. The van der Waals surface area contributed by atoms with Crippen LogP contribution in [-0.2, 0) is 6.50 Å². The predicted octanol–water partition coefficient (Wildman–Crippen LogP) is -0.105. The SMILES string of the molecule is [2H]C([2H])([15NH2])c1cc(=O)[nH]s1. The summed E-state index contributed by atoms with van der Waals surface area (Å²) in [5.74, 6) is 0. The summed E-state index contributed by atoms with van der Waals surface area (Å²) in [6, 6.07) is 1.16. The summed E-state index contributed by atoms with van der Waals surface area (Å²) in [4.78, 5) is 10.7. The molecule has 0 atom stereocenters. The fourth-order valence-corrected chi connectivity index (χ4v) is 0.849. The van der Waals surface area contributed by atoms with Gasteiger partial charge in [-0.2, -0.15) is 0 Å². The van der Waals surface area contributed by atoms with E-state index in [0.29, 0.717) is 0 Å². The van der Waals surface area contributed by atoms with Crippen LogP contribution in [0.1, 0.15) is 7.62 Å². The molecule has 3 N–H and O–H groups in total. The van der Waals surface area contributed by atoms with Gasteiger partial charge in [-0.15, -0.1) is 0 Å². The van der Waals surface area contributed by atoms with Crippen LogP contribution in [-0.4, -0.2) is 4.37 Å². The topological polar surface area (TPSA) is 58.9 Å². The zero-order valence-electron chi connectivity index (χ0n) is 5.97. The smallest absolute Gasteiger partial charge is 0.258 e. The van der Waals surface area contributed by atoms with Crippen molar-refractivity contribution in [1.82, 2.24) is 4.37 Å². The normalized spacial score (nSPS) is 15.1. The summed E-state index contributed by atoms with van der Waals surface area (Å²) in [6.45, 7) is -1.90. The highest BCUT2D eigenvalue weighted by atomic mass is 32.1. The first-order chi connectivity index (χ1) is 4.50. The number of aromatic amines is 1. The van der Waals surface area contributed by atoms with Crippen LogP contribution < -0.4 is 11.3 Å². The average Bonchev–Trinajstić information content (AvgIpc) is 2.11. The van der Waals surface area contributed by atoms with Crippen molar-refractivity contribution in [1.29, 1.82) is 0 Å². The Morgan fingerprint density at radius 1 is 2.12 bits per heavy atom. The second-order valence-corrected chi connectivity index (χ2v) is 2.07. The highest BCUT2D eigenvalue weighted by molar-refractivity contribution is 7.05. The first-order valence-electron chi connectivity index (χ1n) is 2.98. The van der Waals surface area contributed by atoms with Crippen LogP contribution >= 0.6 is 11.5 Å². The van der Waals surface area contributed by atoms with Gasteiger partial charge in [0, 0.05) is 20.2 Å². The van der Waals surface area contributed by atoms with E-state index in [2.05, 4.69) is 4.37 Å². The maximum Gasteiger partial charge on any atom is 0.258 e. The first kappa shape index (κ1) is 3.42. The van der Waals surface area contributed by atoms with Gasteiger partial charge in [0.2, 0.25) is 0 Å². The van der Waals surface area contributed by atoms with Crippen LogP contribution in [0.3, 0.4) is 0 Å².